The first-order valence-corrected chi connectivity index (χ1v) is 5.27. The molecule has 1 N–H and O–H groups in total. The van der Waals surface area contributed by atoms with Gasteiger partial charge >= 0.3 is 0 Å². The fraction of sp³-hybridized carbons (Fsp3) is 0.583. The van der Waals surface area contributed by atoms with E-state index in [2.05, 4.69) is 23.0 Å². The molecule has 1 aromatic rings. The predicted molar refractivity (Wildman–Crippen MR) is 61.5 cm³/mol. The molecule has 0 aliphatic carbocycles. The van der Waals surface area contributed by atoms with Crippen LogP contribution in [0, 0.1) is 0 Å². The molecule has 15 heavy (non-hydrogen) atoms. The second-order valence-corrected chi connectivity index (χ2v) is 4.66. The Bertz CT molecular complexity index is 279. The average molecular weight is 208 g/mol. The van der Waals surface area contributed by atoms with E-state index in [1.165, 1.54) is 5.56 Å². The van der Waals surface area contributed by atoms with Gasteiger partial charge in [0.25, 0.3) is 0 Å². The van der Waals surface area contributed by atoms with Crippen LogP contribution in [-0.2, 0) is 6.54 Å². The number of aromatic nitrogens is 1. The van der Waals surface area contributed by atoms with Gasteiger partial charge in [0, 0.05) is 25.5 Å². The van der Waals surface area contributed by atoms with Crippen LogP contribution in [0.3, 0.4) is 0 Å². The fourth-order valence-corrected chi connectivity index (χ4v) is 1.35. The van der Waals surface area contributed by atoms with Crippen molar-refractivity contribution < 1.29 is 5.11 Å². The van der Waals surface area contributed by atoms with Crippen molar-refractivity contribution in [3.63, 3.8) is 0 Å². The van der Waals surface area contributed by atoms with Gasteiger partial charge in [0.2, 0.25) is 0 Å². The molecule has 0 radical (unpaired) electrons. The molecule has 3 nitrogen and oxygen atoms in total. The largest absolute Gasteiger partial charge is 0.390 e. The van der Waals surface area contributed by atoms with Crippen molar-refractivity contribution >= 4 is 0 Å². The minimum atomic E-state index is -0.580. The first-order chi connectivity index (χ1) is 6.97. The number of pyridine rings is 1. The van der Waals surface area contributed by atoms with Gasteiger partial charge in [-0.2, -0.15) is 0 Å². The summed E-state index contributed by atoms with van der Waals surface area (Å²) in [6.07, 6.45) is 4.44. The van der Waals surface area contributed by atoms with E-state index in [0.717, 1.165) is 19.5 Å². The number of rotatable bonds is 5. The molecule has 0 saturated carbocycles. The van der Waals surface area contributed by atoms with Crippen LogP contribution in [0.15, 0.2) is 24.5 Å². The zero-order chi connectivity index (χ0) is 11.3. The van der Waals surface area contributed by atoms with E-state index in [4.69, 9.17) is 0 Å². The molecule has 1 rings (SSSR count). The molecule has 0 bridgehead atoms. The van der Waals surface area contributed by atoms with Crippen LogP contribution in [-0.4, -0.2) is 34.2 Å². The van der Waals surface area contributed by atoms with Gasteiger partial charge in [-0.1, -0.05) is 6.07 Å². The summed E-state index contributed by atoms with van der Waals surface area (Å²) in [4.78, 5) is 6.26. The summed E-state index contributed by atoms with van der Waals surface area (Å²) in [6, 6.07) is 4.01. The van der Waals surface area contributed by atoms with E-state index < -0.39 is 5.60 Å². The molecular formula is C12H20N2O. The summed E-state index contributed by atoms with van der Waals surface area (Å²) in [5, 5.41) is 9.59. The van der Waals surface area contributed by atoms with Crippen molar-refractivity contribution in [3.05, 3.63) is 30.1 Å². The maximum absolute atomic E-state index is 9.59. The summed E-state index contributed by atoms with van der Waals surface area (Å²) in [6.45, 7) is 5.44. The lowest BCUT2D eigenvalue weighted by atomic mass is 10.1. The lowest BCUT2D eigenvalue weighted by Gasteiger charge is -2.22. The highest BCUT2D eigenvalue weighted by Gasteiger charge is 2.13. The van der Waals surface area contributed by atoms with Crippen LogP contribution in [0.5, 0.6) is 0 Å². The van der Waals surface area contributed by atoms with Gasteiger partial charge in [-0.15, -0.1) is 0 Å². The zero-order valence-electron chi connectivity index (χ0n) is 9.77. The molecular weight excluding hydrogens is 188 g/mol. The van der Waals surface area contributed by atoms with E-state index in [9.17, 15) is 5.11 Å². The minimum absolute atomic E-state index is 0.580. The average Bonchev–Trinajstić information content (AvgIpc) is 2.15. The summed E-state index contributed by atoms with van der Waals surface area (Å²) in [5.41, 5.74) is 0.624. The van der Waals surface area contributed by atoms with E-state index in [0.29, 0.717) is 0 Å². The smallest absolute Gasteiger partial charge is 0.0603 e. The third-order valence-electron chi connectivity index (χ3n) is 2.28. The van der Waals surface area contributed by atoms with E-state index in [-0.39, 0.29) is 0 Å². The molecule has 0 aliphatic rings. The van der Waals surface area contributed by atoms with Crippen LogP contribution in [0.1, 0.15) is 25.8 Å². The van der Waals surface area contributed by atoms with Crippen LogP contribution >= 0.6 is 0 Å². The van der Waals surface area contributed by atoms with Crippen molar-refractivity contribution in [2.45, 2.75) is 32.4 Å². The van der Waals surface area contributed by atoms with Crippen molar-refractivity contribution in [1.29, 1.82) is 0 Å². The Balaban J connectivity index is 2.34. The molecule has 0 fully saturated rings. The highest BCUT2D eigenvalue weighted by atomic mass is 16.3. The molecule has 0 aromatic carbocycles. The van der Waals surface area contributed by atoms with Gasteiger partial charge in [0.1, 0.15) is 0 Å². The highest BCUT2D eigenvalue weighted by Crippen LogP contribution is 2.09. The summed E-state index contributed by atoms with van der Waals surface area (Å²) >= 11 is 0. The molecule has 0 spiro atoms. The maximum atomic E-state index is 9.59. The van der Waals surface area contributed by atoms with Crippen LogP contribution in [0.25, 0.3) is 0 Å². The Kier molecular flexibility index (Phi) is 4.24. The Morgan fingerprint density at radius 3 is 2.73 bits per heavy atom. The number of aliphatic hydroxyl groups is 1. The maximum Gasteiger partial charge on any atom is 0.0603 e. The third kappa shape index (κ3) is 5.50. The standard InChI is InChI=1S/C12H20N2O/c1-12(2,15)6-8-14(3)10-11-5-4-7-13-9-11/h4-5,7,9,15H,6,8,10H2,1-3H3. The molecule has 3 heteroatoms. The SMILES string of the molecule is CN(CCC(C)(C)O)Cc1cccnc1. The molecule has 1 heterocycles. The lowest BCUT2D eigenvalue weighted by Crippen LogP contribution is -2.28. The van der Waals surface area contributed by atoms with E-state index in [1.807, 2.05) is 26.1 Å². The van der Waals surface area contributed by atoms with Gasteiger partial charge in [-0.25, -0.2) is 0 Å². The first-order valence-electron chi connectivity index (χ1n) is 5.27. The molecule has 0 unspecified atom stereocenters. The predicted octanol–water partition coefficient (Wildman–Crippen LogP) is 1.67. The summed E-state index contributed by atoms with van der Waals surface area (Å²) < 4.78 is 0. The number of hydrogen-bond acceptors (Lipinski definition) is 3. The molecule has 0 amide bonds. The molecule has 0 aliphatic heterocycles. The van der Waals surface area contributed by atoms with Gasteiger partial charge in [0.15, 0.2) is 0 Å². The van der Waals surface area contributed by atoms with Gasteiger partial charge in [-0.3, -0.25) is 4.98 Å². The van der Waals surface area contributed by atoms with Gasteiger partial charge in [0.05, 0.1) is 5.60 Å². The van der Waals surface area contributed by atoms with Gasteiger partial charge < -0.3 is 10.0 Å². The second kappa shape index (κ2) is 5.24. The third-order valence-corrected chi connectivity index (χ3v) is 2.28. The number of hydrogen-bond donors (Lipinski definition) is 1. The zero-order valence-corrected chi connectivity index (χ0v) is 9.77. The highest BCUT2D eigenvalue weighted by molar-refractivity contribution is 5.07. The molecule has 0 saturated heterocycles. The Labute approximate surface area is 91.8 Å². The van der Waals surface area contributed by atoms with Gasteiger partial charge in [-0.05, 0) is 38.9 Å². The van der Waals surface area contributed by atoms with Crippen molar-refractivity contribution in [1.82, 2.24) is 9.88 Å². The second-order valence-electron chi connectivity index (χ2n) is 4.66. The number of nitrogens with zero attached hydrogens (tertiary/aromatic N) is 2. The monoisotopic (exact) mass is 208 g/mol. The summed E-state index contributed by atoms with van der Waals surface area (Å²) in [7, 11) is 2.05. The lowest BCUT2D eigenvalue weighted by molar-refractivity contribution is 0.0599. The molecule has 0 atom stereocenters. The Morgan fingerprint density at radius 2 is 2.20 bits per heavy atom. The van der Waals surface area contributed by atoms with E-state index in [1.54, 1.807) is 6.20 Å². The Morgan fingerprint density at radius 1 is 1.47 bits per heavy atom. The first kappa shape index (κ1) is 12.1. The van der Waals surface area contributed by atoms with Crippen molar-refractivity contribution in [3.8, 4) is 0 Å². The van der Waals surface area contributed by atoms with Crippen LogP contribution in [0.4, 0.5) is 0 Å². The fourth-order valence-electron chi connectivity index (χ4n) is 1.35. The van der Waals surface area contributed by atoms with Crippen molar-refractivity contribution in [2.75, 3.05) is 13.6 Å². The van der Waals surface area contributed by atoms with Crippen molar-refractivity contribution in [2.24, 2.45) is 0 Å². The normalized spacial score (nSPS) is 12.1. The topological polar surface area (TPSA) is 36.4 Å². The molecule has 84 valence electrons. The molecule has 1 aromatic heterocycles. The van der Waals surface area contributed by atoms with Crippen LogP contribution < -0.4 is 0 Å². The Hall–Kier alpha value is -0.930. The summed E-state index contributed by atoms with van der Waals surface area (Å²) in [5.74, 6) is 0. The van der Waals surface area contributed by atoms with Crippen LogP contribution in [0.2, 0.25) is 0 Å². The van der Waals surface area contributed by atoms with E-state index >= 15 is 0 Å². The minimum Gasteiger partial charge on any atom is -0.390 e. The quantitative estimate of drug-likeness (QED) is 0.799.